The Balaban J connectivity index is 0.00000167. The minimum Gasteiger partial charge on any atom is -0.483 e. The molecule has 254 valence electrons. The van der Waals surface area contributed by atoms with E-state index < -0.39 is 29.3 Å². The molecule has 0 bridgehead atoms. The Hall–Kier alpha value is -5.54. The molecule has 2 amide bonds. The number of carbonyl (C=O) groups excluding carboxylic acids is 2. The largest absolute Gasteiger partial charge is 0.483 e. The van der Waals surface area contributed by atoms with Crippen LogP contribution in [-0.4, -0.2) is 84.4 Å². The molecule has 0 atom stereocenters. The molecule has 5 rings (SSSR count). The van der Waals surface area contributed by atoms with Crippen molar-refractivity contribution in [3.63, 3.8) is 0 Å². The predicted molar refractivity (Wildman–Crippen MR) is 165 cm³/mol. The van der Waals surface area contributed by atoms with E-state index >= 15 is 0 Å². The van der Waals surface area contributed by atoms with Gasteiger partial charge in [-0.05, 0) is 56.1 Å². The van der Waals surface area contributed by atoms with E-state index in [9.17, 15) is 27.9 Å². The smallest absolute Gasteiger partial charge is 0.435 e. The van der Waals surface area contributed by atoms with Gasteiger partial charge in [0.1, 0.15) is 6.54 Å². The number of hydrogen-bond acceptors (Lipinski definition) is 10. The Morgan fingerprint density at radius 1 is 1.21 bits per heavy atom. The highest BCUT2D eigenvalue weighted by atomic mass is 19.4. The highest BCUT2D eigenvalue weighted by molar-refractivity contribution is 5.98. The molecular weight excluding hydrogens is 637 g/mol. The molecule has 4 heterocycles. The number of anilines is 2. The second-order valence-electron chi connectivity index (χ2n) is 10.7. The summed E-state index contributed by atoms with van der Waals surface area (Å²) in [5.41, 5.74) is -0.372. The van der Waals surface area contributed by atoms with Crippen molar-refractivity contribution >= 4 is 35.4 Å². The van der Waals surface area contributed by atoms with Gasteiger partial charge in [-0.3, -0.25) is 23.5 Å². The predicted octanol–water partition coefficient (Wildman–Crippen LogP) is 2.10. The van der Waals surface area contributed by atoms with Crippen LogP contribution in [0.25, 0.3) is 16.9 Å². The van der Waals surface area contributed by atoms with Gasteiger partial charge in [0.25, 0.3) is 12.4 Å². The Kier molecular flexibility index (Phi) is 11.3. The molecule has 0 radical (unpaired) electrons. The van der Waals surface area contributed by atoms with Crippen molar-refractivity contribution in [2.45, 2.75) is 44.5 Å². The van der Waals surface area contributed by atoms with Gasteiger partial charge in [0, 0.05) is 36.4 Å². The molecule has 3 aromatic heterocycles. The first-order valence-corrected chi connectivity index (χ1v) is 14.7. The number of aliphatic hydroxyl groups is 1. The van der Waals surface area contributed by atoms with Gasteiger partial charge >= 0.3 is 6.18 Å². The number of alkyl halides is 3. The molecule has 1 aliphatic heterocycles. The van der Waals surface area contributed by atoms with Gasteiger partial charge in [-0.15, -0.1) is 0 Å². The second-order valence-corrected chi connectivity index (χ2v) is 10.7. The van der Waals surface area contributed by atoms with E-state index in [1.165, 1.54) is 23.0 Å². The van der Waals surface area contributed by atoms with Gasteiger partial charge in [-0.25, -0.2) is 9.97 Å². The summed E-state index contributed by atoms with van der Waals surface area (Å²) < 4.78 is 43.6. The van der Waals surface area contributed by atoms with E-state index in [-0.39, 0.29) is 48.8 Å². The topological polar surface area (TPSA) is 212 Å². The third-order valence-electron chi connectivity index (χ3n) is 7.52. The number of amides is 2. The van der Waals surface area contributed by atoms with E-state index in [4.69, 9.17) is 15.2 Å². The number of aromatic nitrogens is 5. The van der Waals surface area contributed by atoms with E-state index in [2.05, 4.69) is 36.3 Å². The van der Waals surface area contributed by atoms with E-state index in [0.717, 1.165) is 10.9 Å². The maximum Gasteiger partial charge on any atom is 0.435 e. The lowest BCUT2D eigenvalue weighted by Gasteiger charge is -2.32. The molecular formula is C30H33F3N10O5. The third kappa shape index (κ3) is 8.43. The zero-order chi connectivity index (χ0) is 34.9. The van der Waals surface area contributed by atoms with Crippen molar-refractivity contribution in [1.82, 2.24) is 40.1 Å². The first-order valence-electron chi connectivity index (χ1n) is 14.7. The highest BCUT2D eigenvalue weighted by Gasteiger charge is 2.38. The molecule has 48 heavy (non-hydrogen) atoms. The van der Waals surface area contributed by atoms with E-state index in [1.54, 1.807) is 24.3 Å². The number of rotatable bonds is 10. The van der Waals surface area contributed by atoms with Crippen molar-refractivity contribution in [2.24, 2.45) is 0 Å². The van der Waals surface area contributed by atoms with Gasteiger partial charge < -0.3 is 31.5 Å². The second kappa shape index (κ2) is 15.4. The van der Waals surface area contributed by atoms with Crippen molar-refractivity contribution in [1.29, 1.82) is 5.26 Å². The summed E-state index contributed by atoms with van der Waals surface area (Å²) in [5, 5.41) is 41.5. The molecule has 1 saturated heterocycles. The molecule has 1 aromatic carbocycles. The first-order chi connectivity index (χ1) is 22.9. The van der Waals surface area contributed by atoms with Gasteiger partial charge in [-0.1, -0.05) is 6.92 Å². The number of piperidine rings is 1. The summed E-state index contributed by atoms with van der Waals surface area (Å²) in [6.07, 6.45) is 2.10. The Morgan fingerprint density at radius 2 is 1.94 bits per heavy atom. The molecule has 0 unspecified atom stereocenters. The summed E-state index contributed by atoms with van der Waals surface area (Å²) in [7, 11) is 0. The van der Waals surface area contributed by atoms with Crippen LogP contribution in [0.4, 0.5) is 24.7 Å². The fraction of sp³-hybridized carbons (Fsp3) is 0.367. The van der Waals surface area contributed by atoms with E-state index in [0.29, 0.717) is 49.2 Å². The number of nitriles is 1. The fourth-order valence-electron chi connectivity index (χ4n) is 5.15. The van der Waals surface area contributed by atoms with Crippen LogP contribution in [0.1, 0.15) is 41.4 Å². The summed E-state index contributed by atoms with van der Waals surface area (Å²) in [4.78, 5) is 42.2. The number of halogens is 3. The SMILES string of the molecule is CCc1cc(Nc2nccn3c(-c4cn(CC#N)nc4C(F)(F)F)cnc23)ccc1C(=O)NCC(=O)NCC1(O)CCNCC1.O=CO. The standard InChI is InChI=1S/C29H31F3N10O3.CH2O2/c1-2-18-13-19(3-4-20(18)27(44)37-15-23(43)38-17-28(45)5-8-34-9-6-28)39-25-26-36-14-22(42(26)12-10-35-25)21-16-41(11-7-33)40-24(21)29(30,31)32;2-1-3/h3-4,10,12-14,16,34,45H,2,5-6,8-9,11,15,17H2,1H3,(H,35,39)(H,37,44)(H,38,43);1H,(H,2,3). The zero-order valence-electron chi connectivity index (χ0n) is 25.7. The van der Waals surface area contributed by atoms with Crippen LogP contribution < -0.4 is 21.3 Å². The number of hydrogen-bond donors (Lipinski definition) is 6. The lowest BCUT2D eigenvalue weighted by atomic mass is 9.92. The minimum absolute atomic E-state index is 0.108. The Bertz CT molecular complexity index is 1810. The van der Waals surface area contributed by atoms with Crippen LogP contribution in [0, 0.1) is 11.3 Å². The Labute approximate surface area is 271 Å². The van der Waals surface area contributed by atoms with Crippen LogP contribution in [0.15, 0.2) is 43.0 Å². The average molecular weight is 671 g/mol. The van der Waals surface area contributed by atoms with Gasteiger partial charge in [0.2, 0.25) is 5.91 Å². The lowest BCUT2D eigenvalue weighted by Crippen LogP contribution is -2.51. The number of fused-ring (bicyclic) bond motifs is 1. The molecule has 0 aliphatic carbocycles. The molecule has 0 saturated carbocycles. The summed E-state index contributed by atoms with van der Waals surface area (Å²) >= 11 is 0. The number of nitrogens with one attached hydrogen (secondary N) is 4. The fourth-order valence-corrected chi connectivity index (χ4v) is 5.15. The van der Waals surface area contributed by atoms with Crippen LogP contribution >= 0.6 is 0 Å². The average Bonchev–Trinajstić information content (AvgIpc) is 3.69. The zero-order valence-corrected chi connectivity index (χ0v) is 25.7. The minimum atomic E-state index is -4.75. The normalized spacial score (nSPS) is 13.9. The monoisotopic (exact) mass is 670 g/mol. The molecule has 15 nitrogen and oxygen atoms in total. The quantitative estimate of drug-likeness (QED) is 0.135. The Morgan fingerprint density at radius 3 is 2.60 bits per heavy atom. The van der Waals surface area contributed by atoms with Crippen LogP contribution in [0.3, 0.4) is 0 Å². The van der Waals surface area contributed by atoms with E-state index in [1.807, 2.05) is 6.92 Å². The van der Waals surface area contributed by atoms with Gasteiger partial charge in [0.15, 0.2) is 17.2 Å². The highest BCUT2D eigenvalue weighted by Crippen LogP contribution is 2.37. The number of carboxylic acid groups (broad SMARTS) is 1. The van der Waals surface area contributed by atoms with Gasteiger partial charge in [-0.2, -0.15) is 23.5 Å². The molecule has 18 heteroatoms. The molecule has 6 N–H and O–H groups in total. The number of benzene rings is 1. The molecule has 4 aromatic rings. The summed E-state index contributed by atoms with van der Waals surface area (Å²) in [6, 6.07) is 6.76. The number of carbonyl (C=O) groups is 3. The van der Waals surface area contributed by atoms with Gasteiger partial charge in [0.05, 0.1) is 35.7 Å². The van der Waals surface area contributed by atoms with Crippen molar-refractivity contribution < 1.29 is 37.8 Å². The number of nitrogens with zero attached hydrogens (tertiary/aromatic N) is 6. The summed E-state index contributed by atoms with van der Waals surface area (Å²) in [6.45, 7) is 2.46. The van der Waals surface area contributed by atoms with Crippen LogP contribution in [0.5, 0.6) is 0 Å². The van der Waals surface area contributed by atoms with Crippen molar-refractivity contribution in [3.8, 4) is 17.3 Å². The third-order valence-corrected chi connectivity index (χ3v) is 7.52. The first kappa shape index (κ1) is 35.3. The number of aryl methyl sites for hydroxylation is 1. The van der Waals surface area contributed by atoms with Crippen LogP contribution in [0.2, 0.25) is 0 Å². The maximum absolute atomic E-state index is 13.8. The van der Waals surface area contributed by atoms with Crippen LogP contribution in [-0.2, 0) is 28.7 Å². The molecule has 1 fully saturated rings. The van der Waals surface area contributed by atoms with Crippen molar-refractivity contribution in [2.75, 3.05) is 31.5 Å². The number of imidazole rings is 1. The molecule has 1 aliphatic rings. The summed E-state index contributed by atoms with van der Waals surface area (Å²) in [5.74, 6) is -0.595. The lowest BCUT2D eigenvalue weighted by molar-refractivity contribution is -0.141. The molecule has 0 spiro atoms. The van der Waals surface area contributed by atoms with Crippen molar-refractivity contribution in [3.05, 3.63) is 59.8 Å². The maximum atomic E-state index is 13.8.